The van der Waals surface area contributed by atoms with Gasteiger partial charge in [-0.25, -0.2) is 4.79 Å². The fraction of sp³-hybridized carbons (Fsp3) is 0.333. The second-order valence-corrected chi connectivity index (χ2v) is 4.53. The molecule has 1 unspecified atom stereocenters. The molecule has 0 heterocycles. The number of amides is 2. The van der Waals surface area contributed by atoms with E-state index in [-0.39, 0.29) is 18.4 Å². The molecule has 1 aromatic carbocycles. The molecule has 0 radical (unpaired) electrons. The molecule has 0 aliphatic carbocycles. The van der Waals surface area contributed by atoms with Crippen molar-refractivity contribution < 1.29 is 14.3 Å². The molecular weight excluding hydrogens is 256 g/mol. The van der Waals surface area contributed by atoms with E-state index in [1.165, 1.54) is 0 Å². The topological polar surface area (TPSA) is 81.4 Å². The van der Waals surface area contributed by atoms with Gasteiger partial charge < -0.3 is 15.8 Å². The molecule has 0 saturated carbocycles. The van der Waals surface area contributed by atoms with E-state index in [0.29, 0.717) is 13.0 Å². The third-order valence-electron chi connectivity index (χ3n) is 2.73. The first-order chi connectivity index (χ1) is 9.51. The zero-order valence-electron chi connectivity index (χ0n) is 11.6. The van der Waals surface area contributed by atoms with Crippen LogP contribution in [0.3, 0.4) is 0 Å². The van der Waals surface area contributed by atoms with Crippen molar-refractivity contribution in [2.24, 2.45) is 5.73 Å². The SMILES string of the molecule is C=Cc1ccc(CCOC(=O)CC(C)NC(N)=O)cc1. The first-order valence-electron chi connectivity index (χ1n) is 6.44. The Balaban J connectivity index is 2.27. The molecule has 0 aliphatic heterocycles. The number of benzene rings is 1. The van der Waals surface area contributed by atoms with E-state index < -0.39 is 6.03 Å². The summed E-state index contributed by atoms with van der Waals surface area (Å²) in [6, 6.07) is 6.90. The molecule has 5 nitrogen and oxygen atoms in total. The summed E-state index contributed by atoms with van der Waals surface area (Å²) in [6.07, 6.45) is 2.54. The van der Waals surface area contributed by atoms with Gasteiger partial charge in [0.2, 0.25) is 0 Å². The van der Waals surface area contributed by atoms with Crippen LogP contribution < -0.4 is 11.1 Å². The van der Waals surface area contributed by atoms with Crippen LogP contribution in [-0.4, -0.2) is 24.6 Å². The molecule has 108 valence electrons. The lowest BCUT2D eigenvalue weighted by Crippen LogP contribution is -2.38. The molecular formula is C15H20N2O3. The maximum Gasteiger partial charge on any atom is 0.312 e. The predicted octanol–water partition coefficient (Wildman–Crippen LogP) is 1.86. The monoisotopic (exact) mass is 276 g/mol. The van der Waals surface area contributed by atoms with Crippen molar-refractivity contribution in [2.75, 3.05) is 6.61 Å². The van der Waals surface area contributed by atoms with Crippen molar-refractivity contribution in [1.82, 2.24) is 5.32 Å². The number of nitrogens with two attached hydrogens (primary N) is 1. The van der Waals surface area contributed by atoms with Gasteiger partial charge in [-0.15, -0.1) is 0 Å². The lowest BCUT2D eigenvalue weighted by molar-refractivity contribution is -0.143. The van der Waals surface area contributed by atoms with Gasteiger partial charge in [-0.3, -0.25) is 4.79 Å². The third-order valence-corrected chi connectivity index (χ3v) is 2.73. The number of carbonyl (C=O) groups excluding carboxylic acids is 2. The van der Waals surface area contributed by atoms with Gasteiger partial charge in [0.15, 0.2) is 0 Å². The van der Waals surface area contributed by atoms with Crippen LogP contribution in [-0.2, 0) is 16.0 Å². The average Bonchev–Trinajstić information content (AvgIpc) is 2.38. The van der Waals surface area contributed by atoms with Crippen molar-refractivity contribution in [3.63, 3.8) is 0 Å². The predicted molar refractivity (Wildman–Crippen MR) is 78.0 cm³/mol. The van der Waals surface area contributed by atoms with E-state index in [1.807, 2.05) is 24.3 Å². The minimum atomic E-state index is -0.646. The normalized spacial score (nSPS) is 11.4. The maximum atomic E-state index is 11.5. The molecule has 2 amide bonds. The van der Waals surface area contributed by atoms with Gasteiger partial charge >= 0.3 is 12.0 Å². The largest absolute Gasteiger partial charge is 0.465 e. The number of primary amides is 1. The van der Waals surface area contributed by atoms with Crippen molar-refractivity contribution in [2.45, 2.75) is 25.8 Å². The van der Waals surface area contributed by atoms with Crippen molar-refractivity contribution in [3.8, 4) is 0 Å². The van der Waals surface area contributed by atoms with E-state index in [0.717, 1.165) is 11.1 Å². The van der Waals surface area contributed by atoms with Crippen LogP contribution in [0.1, 0.15) is 24.5 Å². The van der Waals surface area contributed by atoms with E-state index >= 15 is 0 Å². The van der Waals surface area contributed by atoms with Gasteiger partial charge in [0.25, 0.3) is 0 Å². The molecule has 0 aliphatic rings. The summed E-state index contributed by atoms with van der Waals surface area (Å²) in [5.41, 5.74) is 7.10. The zero-order valence-corrected chi connectivity index (χ0v) is 11.6. The minimum Gasteiger partial charge on any atom is -0.465 e. The molecule has 1 rings (SSSR count). The quantitative estimate of drug-likeness (QED) is 0.746. The fourth-order valence-electron chi connectivity index (χ4n) is 1.71. The molecule has 0 spiro atoms. The smallest absolute Gasteiger partial charge is 0.312 e. The molecule has 1 atom stereocenters. The second kappa shape index (κ2) is 7.99. The van der Waals surface area contributed by atoms with Gasteiger partial charge in [-0.1, -0.05) is 36.9 Å². The zero-order chi connectivity index (χ0) is 15.0. The molecule has 3 N–H and O–H groups in total. The highest BCUT2D eigenvalue weighted by Crippen LogP contribution is 2.06. The van der Waals surface area contributed by atoms with Gasteiger partial charge in [-0.2, -0.15) is 0 Å². The molecule has 0 saturated heterocycles. The van der Waals surface area contributed by atoms with Gasteiger partial charge in [0.1, 0.15) is 0 Å². The Hall–Kier alpha value is -2.30. The Labute approximate surface area is 118 Å². The Morgan fingerprint density at radius 2 is 2.05 bits per heavy atom. The Morgan fingerprint density at radius 3 is 2.60 bits per heavy atom. The highest BCUT2D eigenvalue weighted by molar-refractivity contribution is 5.74. The second-order valence-electron chi connectivity index (χ2n) is 4.53. The standard InChI is InChI=1S/C15H20N2O3/c1-3-12-4-6-13(7-5-12)8-9-20-14(18)10-11(2)17-15(16)19/h3-7,11H,1,8-10H2,2H3,(H3,16,17,19). The third kappa shape index (κ3) is 6.04. The first kappa shape index (κ1) is 15.8. The molecule has 0 fully saturated rings. The minimum absolute atomic E-state index is 0.109. The van der Waals surface area contributed by atoms with Crippen molar-refractivity contribution in [1.29, 1.82) is 0 Å². The highest BCUT2D eigenvalue weighted by atomic mass is 16.5. The van der Waals surface area contributed by atoms with Crippen LogP contribution in [0.5, 0.6) is 0 Å². The Kier molecular flexibility index (Phi) is 6.29. The summed E-state index contributed by atoms with van der Waals surface area (Å²) in [7, 11) is 0. The summed E-state index contributed by atoms with van der Waals surface area (Å²) < 4.78 is 5.10. The summed E-state index contributed by atoms with van der Waals surface area (Å²) in [5.74, 6) is -0.353. The van der Waals surface area contributed by atoms with Crippen molar-refractivity contribution >= 4 is 18.1 Å². The number of rotatable bonds is 7. The highest BCUT2D eigenvalue weighted by Gasteiger charge is 2.11. The van der Waals surface area contributed by atoms with Crippen LogP contribution >= 0.6 is 0 Å². The Bertz CT molecular complexity index is 469. The summed E-state index contributed by atoms with van der Waals surface area (Å²) >= 11 is 0. The molecule has 0 bridgehead atoms. The van der Waals surface area contributed by atoms with Crippen molar-refractivity contribution in [3.05, 3.63) is 42.0 Å². The number of nitrogens with one attached hydrogen (secondary N) is 1. The average molecular weight is 276 g/mol. The maximum absolute atomic E-state index is 11.5. The number of hydrogen-bond donors (Lipinski definition) is 2. The van der Waals surface area contributed by atoms with Gasteiger partial charge in [0.05, 0.1) is 13.0 Å². The summed E-state index contributed by atoms with van der Waals surface area (Å²) in [4.78, 5) is 22.1. The number of hydrogen-bond acceptors (Lipinski definition) is 3. The van der Waals surface area contributed by atoms with Gasteiger partial charge in [0, 0.05) is 12.5 Å². The van der Waals surface area contributed by atoms with Crippen LogP contribution in [0.25, 0.3) is 6.08 Å². The molecule has 1 aromatic rings. The molecule has 0 aromatic heterocycles. The van der Waals surface area contributed by atoms with Crippen LogP contribution in [0, 0.1) is 0 Å². The van der Waals surface area contributed by atoms with E-state index in [4.69, 9.17) is 10.5 Å². The Morgan fingerprint density at radius 1 is 1.40 bits per heavy atom. The fourth-order valence-corrected chi connectivity index (χ4v) is 1.71. The van der Waals surface area contributed by atoms with E-state index in [1.54, 1.807) is 13.0 Å². The number of esters is 1. The number of ether oxygens (including phenoxy) is 1. The lowest BCUT2D eigenvalue weighted by Gasteiger charge is -2.11. The summed E-state index contributed by atoms with van der Waals surface area (Å²) in [5, 5.41) is 2.42. The number of carbonyl (C=O) groups is 2. The van der Waals surface area contributed by atoms with Crippen LogP contribution in [0.15, 0.2) is 30.8 Å². The van der Waals surface area contributed by atoms with Crippen LogP contribution in [0.4, 0.5) is 4.79 Å². The first-order valence-corrected chi connectivity index (χ1v) is 6.44. The molecule has 5 heteroatoms. The van der Waals surface area contributed by atoms with E-state index in [9.17, 15) is 9.59 Å². The van der Waals surface area contributed by atoms with Crippen LogP contribution in [0.2, 0.25) is 0 Å². The van der Waals surface area contributed by atoms with E-state index in [2.05, 4.69) is 11.9 Å². The van der Waals surface area contributed by atoms with Gasteiger partial charge in [-0.05, 0) is 18.1 Å². The molecule has 20 heavy (non-hydrogen) atoms. The summed E-state index contributed by atoms with van der Waals surface area (Å²) in [6.45, 7) is 5.70. The number of urea groups is 1. The lowest BCUT2D eigenvalue weighted by atomic mass is 10.1.